The molecule has 2 fully saturated rings. The Kier molecular flexibility index (Phi) is 7.87. The minimum Gasteiger partial charge on any atom is -0.508 e. The van der Waals surface area contributed by atoms with Crippen LogP contribution in [0.25, 0.3) is 11.8 Å². The van der Waals surface area contributed by atoms with Gasteiger partial charge in [-0.1, -0.05) is 6.07 Å². The highest BCUT2D eigenvalue weighted by atomic mass is 32.2. The van der Waals surface area contributed by atoms with Gasteiger partial charge in [0.15, 0.2) is 11.5 Å². The molecule has 0 saturated carbocycles. The smallest absolute Gasteiger partial charge is 0.291 e. The van der Waals surface area contributed by atoms with Gasteiger partial charge in [-0.25, -0.2) is 0 Å². The van der Waals surface area contributed by atoms with Crippen LogP contribution in [0.4, 0.5) is 9.59 Å². The molecule has 4 rings (SSSR count). The molecule has 176 valence electrons. The summed E-state index contributed by atoms with van der Waals surface area (Å²) in [4.78, 5) is 45.4. The van der Waals surface area contributed by atoms with E-state index in [-0.39, 0.29) is 21.6 Å². The first-order chi connectivity index (χ1) is 16.2. The molecule has 2 aliphatic heterocycles. The van der Waals surface area contributed by atoms with Crippen molar-refractivity contribution in [2.75, 3.05) is 14.2 Å². The van der Waals surface area contributed by atoms with Crippen molar-refractivity contribution in [3.8, 4) is 17.2 Å². The highest BCUT2D eigenvalue weighted by Gasteiger charge is 2.30. The van der Waals surface area contributed by atoms with Crippen molar-refractivity contribution in [1.29, 1.82) is 0 Å². The lowest BCUT2D eigenvalue weighted by molar-refractivity contribution is -0.116. The molecule has 0 aliphatic carbocycles. The quantitative estimate of drug-likeness (QED) is 0.362. The van der Waals surface area contributed by atoms with Crippen LogP contribution in [0.1, 0.15) is 11.1 Å². The van der Waals surface area contributed by atoms with E-state index in [1.54, 1.807) is 30.3 Å². The lowest BCUT2D eigenvalue weighted by Crippen LogP contribution is -2.18. The Bertz CT molecular complexity index is 1220. The normalized spacial score (nSPS) is 17.6. The van der Waals surface area contributed by atoms with Crippen LogP contribution < -0.4 is 15.4 Å². The van der Waals surface area contributed by atoms with Crippen molar-refractivity contribution in [2.45, 2.75) is 0 Å². The fourth-order valence-corrected chi connectivity index (χ4v) is 4.22. The molecule has 10 nitrogen and oxygen atoms in total. The van der Waals surface area contributed by atoms with Gasteiger partial charge < -0.3 is 19.7 Å². The van der Waals surface area contributed by atoms with E-state index in [0.717, 1.165) is 23.5 Å². The number of carbonyl (C=O) groups excluding carboxylic acids is 4. The number of nitrogens with one attached hydrogen (secondary N) is 2. The predicted octanol–water partition coefficient (Wildman–Crippen LogP) is 3.41. The van der Waals surface area contributed by atoms with Gasteiger partial charge in [0.05, 0.1) is 19.1 Å². The Labute approximate surface area is 202 Å². The minimum atomic E-state index is -0.468. The number of ether oxygens (including phenoxy) is 2. The molecular weight excluding hydrogens is 484 g/mol. The first kappa shape index (κ1) is 24.7. The van der Waals surface area contributed by atoms with Gasteiger partial charge in [0.2, 0.25) is 0 Å². The first-order valence-electron chi connectivity index (χ1n) is 9.44. The molecule has 2 aromatic rings. The molecule has 0 spiro atoms. The van der Waals surface area contributed by atoms with Crippen molar-refractivity contribution < 1.29 is 38.9 Å². The molecule has 4 amide bonds. The lowest BCUT2D eigenvalue weighted by Gasteiger charge is -2.07. The Hall–Kier alpha value is -3.90. The second-order valence-corrected chi connectivity index (χ2v) is 8.53. The Morgan fingerprint density at radius 1 is 0.882 bits per heavy atom. The molecule has 2 heterocycles. The average Bonchev–Trinajstić information content (AvgIpc) is 3.30. The Morgan fingerprint density at radius 3 is 2.06 bits per heavy atom. The van der Waals surface area contributed by atoms with Gasteiger partial charge >= 0.3 is 0 Å². The maximum Gasteiger partial charge on any atom is 0.291 e. The number of carbonyl (C=O) groups is 4. The summed E-state index contributed by atoms with van der Waals surface area (Å²) in [5, 5.41) is 22.1. The maximum atomic E-state index is 11.5. The van der Waals surface area contributed by atoms with E-state index in [1.807, 2.05) is 0 Å². The fraction of sp³-hybridized carbons (Fsp3) is 0.0909. The van der Waals surface area contributed by atoms with Gasteiger partial charge in [-0.3, -0.25) is 29.8 Å². The predicted molar refractivity (Wildman–Crippen MR) is 127 cm³/mol. The lowest BCUT2D eigenvalue weighted by atomic mass is 10.1. The summed E-state index contributed by atoms with van der Waals surface area (Å²) in [6.45, 7) is 0. The van der Waals surface area contributed by atoms with Crippen LogP contribution in [0.3, 0.4) is 0 Å². The number of hydrogen-bond acceptors (Lipinski definition) is 10. The summed E-state index contributed by atoms with van der Waals surface area (Å²) < 4.78 is 10.1. The number of phenolic OH excluding ortho intramolecular Hbond substituents is 2. The number of methoxy groups -OCH3 is 2. The highest BCUT2D eigenvalue weighted by molar-refractivity contribution is 8.18. The summed E-state index contributed by atoms with van der Waals surface area (Å²) in [5.41, 5.74) is 1.30. The van der Waals surface area contributed by atoms with Crippen LogP contribution in [-0.2, 0) is 14.3 Å². The zero-order valence-electron chi connectivity index (χ0n) is 17.8. The van der Waals surface area contributed by atoms with Crippen molar-refractivity contribution in [3.63, 3.8) is 0 Å². The molecule has 0 unspecified atom stereocenters. The zero-order valence-corrected chi connectivity index (χ0v) is 19.4. The van der Waals surface area contributed by atoms with Crippen molar-refractivity contribution in [2.24, 2.45) is 0 Å². The van der Waals surface area contributed by atoms with Crippen molar-refractivity contribution in [3.05, 3.63) is 63.4 Å². The van der Waals surface area contributed by atoms with Crippen LogP contribution in [0.2, 0.25) is 0 Å². The monoisotopic (exact) mass is 502 g/mol. The largest absolute Gasteiger partial charge is 0.508 e. The van der Waals surface area contributed by atoms with Crippen LogP contribution in [0.5, 0.6) is 17.2 Å². The molecule has 4 N–H and O–H groups in total. The van der Waals surface area contributed by atoms with Gasteiger partial charge in [0, 0.05) is 5.56 Å². The topological polar surface area (TPSA) is 151 Å². The van der Waals surface area contributed by atoms with E-state index in [2.05, 4.69) is 10.6 Å². The van der Waals surface area contributed by atoms with E-state index >= 15 is 0 Å². The SMILES string of the molecule is CO/C(=C1\SC(=O)NC1=O)c1ccc(O)cc1.COc1cc(/C=C2\SC(=O)NC2=O)ccc1O. The van der Waals surface area contributed by atoms with E-state index in [9.17, 15) is 29.4 Å². The molecule has 2 aromatic carbocycles. The number of thioether (sulfide) groups is 2. The van der Waals surface area contributed by atoms with Crippen LogP contribution in [0, 0.1) is 0 Å². The second kappa shape index (κ2) is 10.8. The number of hydrogen-bond donors (Lipinski definition) is 4. The van der Waals surface area contributed by atoms with Gasteiger partial charge in [0.25, 0.3) is 22.3 Å². The van der Waals surface area contributed by atoms with Gasteiger partial charge in [0.1, 0.15) is 16.4 Å². The summed E-state index contributed by atoms with van der Waals surface area (Å²) in [7, 11) is 2.86. The van der Waals surface area contributed by atoms with E-state index in [0.29, 0.717) is 27.5 Å². The molecule has 0 radical (unpaired) electrons. The third-order valence-corrected chi connectivity index (χ3v) is 5.97. The number of benzene rings is 2. The Morgan fingerprint density at radius 2 is 1.53 bits per heavy atom. The average molecular weight is 503 g/mol. The van der Waals surface area contributed by atoms with Gasteiger partial charge in [-0.05, 0) is 71.6 Å². The van der Waals surface area contributed by atoms with Gasteiger partial charge in [-0.15, -0.1) is 0 Å². The third-order valence-electron chi connectivity index (χ3n) is 4.30. The van der Waals surface area contributed by atoms with Crippen molar-refractivity contribution in [1.82, 2.24) is 10.6 Å². The van der Waals surface area contributed by atoms with Gasteiger partial charge in [-0.2, -0.15) is 0 Å². The molecule has 2 aliphatic rings. The fourth-order valence-electron chi connectivity index (χ4n) is 2.77. The maximum absolute atomic E-state index is 11.5. The number of imide groups is 2. The molecule has 0 aromatic heterocycles. The molecule has 34 heavy (non-hydrogen) atoms. The van der Waals surface area contributed by atoms with Crippen molar-refractivity contribution >= 4 is 57.7 Å². The van der Waals surface area contributed by atoms with E-state index < -0.39 is 17.1 Å². The number of rotatable bonds is 4. The standard InChI is InChI=1S/2C11H9NO4S/c1-16-8(6-2-4-7(13)5-3-6)9-10(14)12-11(15)17-9;1-16-8-4-6(2-3-7(8)13)5-9-10(14)12-11(15)17-9/h2*2-5,13H,1H3,(H,12,14,15)/b9-8-;9-5-. The Balaban J connectivity index is 0.000000191. The summed E-state index contributed by atoms with van der Waals surface area (Å²) >= 11 is 1.64. The molecule has 2 saturated heterocycles. The molecule has 12 heteroatoms. The minimum absolute atomic E-state index is 0.0225. The molecule has 0 bridgehead atoms. The highest BCUT2D eigenvalue weighted by Crippen LogP contribution is 2.33. The second-order valence-electron chi connectivity index (χ2n) is 6.54. The summed E-state index contributed by atoms with van der Waals surface area (Å²) in [6, 6.07) is 10.9. The zero-order chi connectivity index (χ0) is 24.8. The summed E-state index contributed by atoms with van der Waals surface area (Å²) in [5.74, 6) is -0.104. The van der Waals surface area contributed by atoms with Crippen LogP contribution in [-0.4, -0.2) is 46.7 Å². The third kappa shape index (κ3) is 5.91. The number of aromatic hydroxyl groups is 2. The number of phenols is 2. The van der Waals surface area contributed by atoms with Crippen LogP contribution >= 0.6 is 23.5 Å². The van der Waals surface area contributed by atoms with Crippen LogP contribution in [0.15, 0.2) is 52.3 Å². The van der Waals surface area contributed by atoms with E-state index in [1.165, 1.54) is 32.4 Å². The summed E-state index contributed by atoms with van der Waals surface area (Å²) in [6.07, 6.45) is 1.56. The molecule has 0 atom stereocenters. The van der Waals surface area contributed by atoms with E-state index in [4.69, 9.17) is 9.47 Å². The number of amides is 4. The molecular formula is C22H18N2O8S2. The first-order valence-corrected chi connectivity index (χ1v) is 11.1.